The molecule has 1 aliphatic heterocycles. The minimum atomic E-state index is 0.0970. The third-order valence-corrected chi connectivity index (χ3v) is 2.82. The highest BCUT2D eigenvalue weighted by atomic mass is 16.5. The first-order chi connectivity index (χ1) is 8.20. The molecule has 96 valence electrons. The van der Waals surface area contributed by atoms with Crippen LogP contribution in [-0.2, 0) is 4.74 Å². The molecule has 0 aliphatic carbocycles. The maximum atomic E-state index is 5.67. The van der Waals surface area contributed by atoms with Crippen LogP contribution >= 0.6 is 0 Å². The smallest absolute Gasteiger partial charge is 0.318 e. The van der Waals surface area contributed by atoms with Gasteiger partial charge in [0.2, 0.25) is 5.89 Å². The summed E-state index contributed by atoms with van der Waals surface area (Å²) >= 11 is 0. The Bertz CT molecular complexity index is 355. The summed E-state index contributed by atoms with van der Waals surface area (Å²) in [6.07, 6.45) is 0.213. The monoisotopic (exact) mass is 240 g/mol. The van der Waals surface area contributed by atoms with Gasteiger partial charge in [0.05, 0.1) is 18.8 Å². The van der Waals surface area contributed by atoms with Crippen molar-refractivity contribution in [1.29, 1.82) is 0 Å². The number of ether oxygens (including phenoxy) is 1. The van der Waals surface area contributed by atoms with E-state index in [0.717, 1.165) is 19.6 Å². The summed E-state index contributed by atoms with van der Waals surface area (Å²) in [7, 11) is 0. The minimum Gasteiger partial charge on any atom is -0.406 e. The van der Waals surface area contributed by atoms with Gasteiger partial charge in [-0.25, -0.2) is 0 Å². The summed E-state index contributed by atoms with van der Waals surface area (Å²) in [5.41, 5.74) is 0. The first kappa shape index (κ1) is 12.3. The molecule has 2 atom stereocenters. The summed E-state index contributed by atoms with van der Waals surface area (Å²) < 4.78 is 11.1. The predicted molar refractivity (Wildman–Crippen MR) is 64.0 cm³/mol. The van der Waals surface area contributed by atoms with Crippen LogP contribution in [0.2, 0.25) is 0 Å². The zero-order chi connectivity index (χ0) is 12.3. The molecule has 2 heterocycles. The van der Waals surface area contributed by atoms with E-state index in [-0.39, 0.29) is 12.1 Å². The molecule has 1 N–H and O–H groups in total. The standard InChI is InChI=1S/C11H20N4O2/c1-4-12-9(3)10-13-14-11(17-10)15-5-6-16-8(2)7-15/h8-9,12H,4-7H2,1-3H3. The normalized spacial score (nSPS) is 22.8. The highest BCUT2D eigenvalue weighted by Crippen LogP contribution is 2.19. The van der Waals surface area contributed by atoms with Gasteiger partial charge < -0.3 is 19.4 Å². The molecule has 0 amide bonds. The molecular weight excluding hydrogens is 220 g/mol. The van der Waals surface area contributed by atoms with Gasteiger partial charge in [0.15, 0.2) is 0 Å². The van der Waals surface area contributed by atoms with Gasteiger partial charge in [-0.3, -0.25) is 0 Å². The van der Waals surface area contributed by atoms with Gasteiger partial charge in [-0.2, -0.15) is 0 Å². The molecule has 6 nitrogen and oxygen atoms in total. The van der Waals surface area contributed by atoms with E-state index in [1.807, 2.05) is 13.8 Å². The van der Waals surface area contributed by atoms with Crippen molar-refractivity contribution < 1.29 is 9.15 Å². The van der Waals surface area contributed by atoms with E-state index in [4.69, 9.17) is 9.15 Å². The Morgan fingerprint density at radius 1 is 1.53 bits per heavy atom. The van der Waals surface area contributed by atoms with Crippen LogP contribution in [0.4, 0.5) is 6.01 Å². The fraction of sp³-hybridized carbons (Fsp3) is 0.818. The second kappa shape index (κ2) is 5.46. The van der Waals surface area contributed by atoms with Crippen LogP contribution in [0, 0.1) is 0 Å². The number of morpholine rings is 1. The Balaban J connectivity index is 2.02. The molecule has 1 aliphatic rings. The number of aromatic nitrogens is 2. The van der Waals surface area contributed by atoms with Gasteiger partial charge in [-0.15, -0.1) is 5.10 Å². The SMILES string of the molecule is CCNC(C)c1nnc(N2CCOC(C)C2)o1. The number of nitrogens with zero attached hydrogens (tertiary/aromatic N) is 3. The van der Waals surface area contributed by atoms with Crippen molar-refractivity contribution in [2.75, 3.05) is 31.1 Å². The van der Waals surface area contributed by atoms with E-state index < -0.39 is 0 Å². The van der Waals surface area contributed by atoms with Crippen molar-refractivity contribution in [2.24, 2.45) is 0 Å². The molecule has 0 saturated carbocycles. The predicted octanol–water partition coefficient (Wildman–Crippen LogP) is 0.965. The van der Waals surface area contributed by atoms with Crippen molar-refractivity contribution in [3.05, 3.63) is 5.89 Å². The Morgan fingerprint density at radius 3 is 3.06 bits per heavy atom. The fourth-order valence-corrected chi connectivity index (χ4v) is 1.91. The van der Waals surface area contributed by atoms with Crippen LogP contribution in [0.1, 0.15) is 32.7 Å². The minimum absolute atomic E-state index is 0.0970. The van der Waals surface area contributed by atoms with Gasteiger partial charge in [0.1, 0.15) is 0 Å². The molecule has 1 aromatic heterocycles. The van der Waals surface area contributed by atoms with Crippen molar-refractivity contribution in [1.82, 2.24) is 15.5 Å². The Labute approximate surface area is 101 Å². The summed E-state index contributed by atoms with van der Waals surface area (Å²) in [6.45, 7) is 9.32. The average molecular weight is 240 g/mol. The second-order valence-corrected chi connectivity index (χ2v) is 4.33. The lowest BCUT2D eigenvalue weighted by Crippen LogP contribution is -2.41. The van der Waals surface area contributed by atoms with Crippen LogP contribution in [0.5, 0.6) is 0 Å². The number of nitrogens with one attached hydrogen (secondary N) is 1. The maximum absolute atomic E-state index is 5.67. The molecule has 0 aromatic carbocycles. The number of rotatable bonds is 4. The molecule has 1 fully saturated rings. The molecule has 1 saturated heterocycles. The number of anilines is 1. The van der Waals surface area contributed by atoms with Crippen molar-refractivity contribution in [2.45, 2.75) is 32.9 Å². The van der Waals surface area contributed by atoms with E-state index in [1.165, 1.54) is 0 Å². The molecule has 2 rings (SSSR count). The van der Waals surface area contributed by atoms with Crippen molar-refractivity contribution in [3.8, 4) is 0 Å². The van der Waals surface area contributed by atoms with Gasteiger partial charge in [-0.05, 0) is 20.4 Å². The van der Waals surface area contributed by atoms with E-state index in [2.05, 4.69) is 27.3 Å². The number of hydrogen-bond acceptors (Lipinski definition) is 6. The lowest BCUT2D eigenvalue weighted by atomic mass is 10.3. The van der Waals surface area contributed by atoms with E-state index in [0.29, 0.717) is 18.5 Å². The van der Waals surface area contributed by atoms with Gasteiger partial charge in [-0.1, -0.05) is 12.0 Å². The van der Waals surface area contributed by atoms with Crippen molar-refractivity contribution >= 4 is 6.01 Å². The third-order valence-electron chi connectivity index (χ3n) is 2.82. The van der Waals surface area contributed by atoms with Gasteiger partial charge in [0.25, 0.3) is 0 Å². The van der Waals surface area contributed by atoms with Crippen molar-refractivity contribution in [3.63, 3.8) is 0 Å². The second-order valence-electron chi connectivity index (χ2n) is 4.33. The van der Waals surface area contributed by atoms with Crippen LogP contribution in [0.15, 0.2) is 4.42 Å². The topological polar surface area (TPSA) is 63.4 Å². The Kier molecular flexibility index (Phi) is 3.96. The van der Waals surface area contributed by atoms with Gasteiger partial charge >= 0.3 is 6.01 Å². The molecule has 0 bridgehead atoms. The molecule has 17 heavy (non-hydrogen) atoms. The lowest BCUT2D eigenvalue weighted by molar-refractivity contribution is 0.0512. The Hall–Kier alpha value is -1.14. The summed E-state index contributed by atoms with van der Waals surface area (Å²) in [6, 6.07) is 0.694. The zero-order valence-electron chi connectivity index (χ0n) is 10.6. The highest BCUT2D eigenvalue weighted by molar-refractivity contribution is 5.25. The zero-order valence-corrected chi connectivity index (χ0v) is 10.6. The van der Waals surface area contributed by atoms with E-state index in [1.54, 1.807) is 0 Å². The van der Waals surface area contributed by atoms with Gasteiger partial charge in [0, 0.05) is 13.1 Å². The first-order valence-corrected chi connectivity index (χ1v) is 6.14. The lowest BCUT2D eigenvalue weighted by Gasteiger charge is -2.29. The largest absolute Gasteiger partial charge is 0.406 e. The molecule has 1 aromatic rings. The number of hydrogen-bond donors (Lipinski definition) is 1. The van der Waals surface area contributed by atoms with E-state index in [9.17, 15) is 0 Å². The quantitative estimate of drug-likeness (QED) is 0.846. The summed E-state index contributed by atoms with van der Waals surface area (Å²) in [4.78, 5) is 2.07. The van der Waals surface area contributed by atoms with Crippen LogP contribution in [0.3, 0.4) is 0 Å². The molecule has 0 radical (unpaired) electrons. The highest BCUT2D eigenvalue weighted by Gasteiger charge is 2.22. The average Bonchev–Trinajstić information content (AvgIpc) is 2.78. The first-order valence-electron chi connectivity index (χ1n) is 6.14. The van der Waals surface area contributed by atoms with Crippen LogP contribution in [-0.4, -0.2) is 42.5 Å². The van der Waals surface area contributed by atoms with Crippen LogP contribution < -0.4 is 10.2 Å². The Morgan fingerprint density at radius 2 is 2.35 bits per heavy atom. The summed E-state index contributed by atoms with van der Waals surface area (Å²) in [5, 5.41) is 11.4. The molecular formula is C11H20N4O2. The third kappa shape index (κ3) is 2.95. The van der Waals surface area contributed by atoms with Crippen LogP contribution in [0.25, 0.3) is 0 Å². The molecule has 0 spiro atoms. The summed E-state index contributed by atoms with van der Waals surface area (Å²) in [5.74, 6) is 0.640. The fourth-order valence-electron chi connectivity index (χ4n) is 1.91. The molecule has 2 unspecified atom stereocenters. The van der Waals surface area contributed by atoms with E-state index >= 15 is 0 Å². The maximum Gasteiger partial charge on any atom is 0.318 e. The molecule has 6 heteroatoms.